The zero-order valence-electron chi connectivity index (χ0n) is 16.1. The minimum Gasteiger partial charge on any atom is -0.370 e. The van der Waals surface area contributed by atoms with E-state index in [1.54, 1.807) is 12.1 Å². The van der Waals surface area contributed by atoms with Crippen LogP contribution in [0.1, 0.15) is 25.7 Å². The van der Waals surface area contributed by atoms with Crippen molar-refractivity contribution in [2.45, 2.75) is 36.6 Å². The van der Waals surface area contributed by atoms with Crippen LogP contribution in [0.25, 0.3) is 0 Å². The highest BCUT2D eigenvalue weighted by molar-refractivity contribution is 7.89. The Morgan fingerprint density at radius 3 is 2.38 bits per heavy atom. The van der Waals surface area contributed by atoms with Gasteiger partial charge in [-0.1, -0.05) is 23.7 Å². The molecule has 2 aromatic carbocycles. The second kappa shape index (κ2) is 8.34. The van der Waals surface area contributed by atoms with Crippen molar-refractivity contribution in [3.05, 3.63) is 53.6 Å². The Morgan fingerprint density at radius 1 is 0.966 bits per heavy atom. The molecule has 1 atom stereocenters. The van der Waals surface area contributed by atoms with Crippen LogP contribution < -0.4 is 10.2 Å². The normalized spacial score (nSPS) is 20.2. The smallest absolute Gasteiger partial charge is 0.243 e. The number of hydrogen-bond acceptors (Lipinski definition) is 4. The first-order valence-electron chi connectivity index (χ1n) is 9.89. The zero-order valence-corrected chi connectivity index (χ0v) is 17.6. The van der Waals surface area contributed by atoms with Gasteiger partial charge in [-0.2, -0.15) is 4.31 Å². The molecule has 1 unspecified atom stereocenters. The second-order valence-corrected chi connectivity index (χ2v) is 9.76. The third-order valence-electron chi connectivity index (χ3n) is 5.54. The summed E-state index contributed by atoms with van der Waals surface area (Å²) in [7, 11) is -3.76. The average molecular weight is 434 g/mol. The number of nitrogens with one attached hydrogen (secondary N) is 1. The van der Waals surface area contributed by atoms with Crippen molar-refractivity contribution in [1.82, 2.24) is 4.31 Å². The van der Waals surface area contributed by atoms with Crippen LogP contribution in [0.2, 0.25) is 5.02 Å². The van der Waals surface area contributed by atoms with Gasteiger partial charge in [0.25, 0.3) is 0 Å². The Kier molecular flexibility index (Phi) is 5.81. The Labute approximate surface area is 176 Å². The number of sulfonamides is 1. The average Bonchev–Trinajstić information content (AvgIpc) is 3.41. The molecular formula is C21H24ClN3O3S. The maximum atomic E-state index is 13.1. The number of halogens is 1. The molecule has 154 valence electrons. The standard InChI is InChI=1S/C21H24ClN3O3S/c22-16-9-11-17(12-10-16)29(27,28)25-15-5-8-20(25)21(26)23-18-6-1-2-7-19(18)24-13-3-4-14-24/h1-2,6-7,9-12,20H,3-5,8,13-15H2,(H,23,26). The molecule has 0 aliphatic carbocycles. The molecular weight excluding hydrogens is 410 g/mol. The monoisotopic (exact) mass is 433 g/mol. The molecule has 4 rings (SSSR count). The van der Waals surface area contributed by atoms with Gasteiger partial charge in [0.05, 0.1) is 16.3 Å². The number of nitrogens with zero attached hydrogens (tertiary/aromatic N) is 2. The van der Waals surface area contributed by atoms with Crippen LogP contribution in [0.3, 0.4) is 0 Å². The number of amides is 1. The number of para-hydroxylation sites is 2. The molecule has 2 aliphatic heterocycles. The number of hydrogen-bond donors (Lipinski definition) is 1. The zero-order chi connectivity index (χ0) is 20.4. The van der Waals surface area contributed by atoms with Crippen LogP contribution in [0.4, 0.5) is 11.4 Å². The SMILES string of the molecule is O=C(Nc1ccccc1N1CCCC1)C1CCCN1S(=O)(=O)c1ccc(Cl)cc1. The fourth-order valence-corrected chi connectivity index (χ4v) is 5.84. The van der Waals surface area contributed by atoms with E-state index in [1.165, 1.54) is 16.4 Å². The fourth-order valence-electron chi connectivity index (χ4n) is 4.06. The largest absolute Gasteiger partial charge is 0.370 e. The Hall–Kier alpha value is -2.09. The van der Waals surface area contributed by atoms with E-state index in [0.717, 1.165) is 37.3 Å². The lowest BCUT2D eigenvalue weighted by molar-refractivity contribution is -0.119. The van der Waals surface area contributed by atoms with Gasteiger partial charge in [-0.25, -0.2) is 8.42 Å². The van der Waals surface area contributed by atoms with Crippen LogP contribution in [0.5, 0.6) is 0 Å². The van der Waals surface area contributed by atoms with Crippen LogP contribution in [0.15, 0.2) is 53.4 Å². The summed E-state index contributed by atoms with van der Waals surface area (Å²) < 4.78 is 27.5. The minimum atomic E-state index is -3.76. The summed E-state index contributed by atoms with van der Waals surface area (Å²) in [6.45, 7) is 2.26. The molecule has 0 radical (unpaired) electrons. The lowest BCUT2D eigenvalue weighted by Gasteiger charge is -2.25. The first-order chi connectivity index (χ1) is 14.0. The van der Waals surface area contributed by atoms with E-state index in [0.29, 0.717) is 24.4 Å². The van der Waals surface area contributed by atoms with Crippen molar-refractivity contribution in [3.8, 4) is 0 Å². The number of carbonyl (C=O) groups is 1. The third-order valence-corrected chi connectivity index (χ3v) is 7.71. The maximum absolute atomic E-state index is 13.1. The summed E-state index contributed by atoms with van der Waals surface area (Å²) >= 11 is 5.88. The topological polar surface area (TPSA) is 69.7 Å². The molecule has 2 fully saturated rings. The van der Waals surface area contributed by atoms with Crippen LogP contribution in [-0.4, -0.2) is 44.3 Å². The molecule has 1 amide bonds. The van der Waals surface area contributed by atoms with E-state index in [9.17, 15) is 13.2 Å². The van der Waals surface area contributed by atoms with Crippen molar-refractivity contribution in [2.24, 2.45) is 0 Å². The highest BCUT2D eigenvalue weighted by atomic mass is 35.5. The summed E-state index contributed by atoms with van der Waals surface area (Å²) in [5, 5.41) is 3.45. The number of anilines is 2. The number of benzene rings is 2. The second-order valence-electron chi connectivity index (χ2n) is 7.43. The number of rotatable bonds is 5. The first-order valence-corrected chi connectivity index (χ1v) is 11.7. The van der Waals surface area contributed by atoms with Crippen LogP contribution in [-0.2, 0) is 14.8 Å². The minimum absolute atomic E-state index is 0.152. The Morgan fingerprint density at radius 2 is 1.66 bits per heavy atom. The highest BCUT2D eigenvalue weighted by Gasteiger charge is 2.39. The quantitative estimate of drug-likeness (QED) is 0.779. The van der Waals surface area contributed by atoms with Gasteiger partial charge >= 0.3 is 0 Å². The fraction of sp³-hybridized carbons (Fsp3) is 0.381. The van der Waals surface area contributed by atoms with Crippen molar-refractivity contribution >= 4 is 38.9 Å². The van der Waals surface area contributed by atoms with E-state index >= 15 is 0 Å². The molecule has 0 spiro atoms. The predicted molar refractivity (Wildman–Crippen MR) is 115 cm³/mol. The van der Waals surface area contributed by atoms with Gasteiger partial charge in [0.15, 0.2) is 0 Å². The lowest BCUT2D eigenvalue weighted by Crippen LogP contribution is -2.43. The summed E-state index contributed by atoms with van der Waals surface area (Å²) in [6.07, 6.45) is 3.43. The van der Waals surface area contributed by atoms with E-state index in [4.69, 9.17) is 11.6 Å². The molecule has 2 aliphatic rings. The van der Waals surface area contributed by atoms with Crippen molar-refractivity contribution in [1.29, 1.82) is 0 Å². The Bertz CT molecular complexity index is 988. The van der Waals surface area contributed by atoms with Gasteiger partial charge in [0.2, 0.25) is 15.9 Å². The van der Waals surface area contributed by atoms with Crippen molar-refractivity contribution in [2.75, 3.05) is 29.9 Å². The molecule has 0 saturated carbocycles. The molecule has 1 N–H and O–H groups in total. The summed E-state index contributed by atoms with van der Waals surface area (Å²) in [4.78, 5) is 15.5. The van der Waals surface area contributed by atoms with Crippen molar-refractivity contribution < 1.29 is 13.2 Å². The summed E-state index contributed by atoms with van der Waals surface area (Å²) in [5.41, 5.74) is 1.72. The van der Waals surface area contributed by atoms with Gasteiger partial charge in [0, 0.05) is 24.7 Å². The Balaban J connectivity index is 1.55. The molecule has 2 heterocycles. The molecule has 8 heteroatoms. The van der Waals surface area contributed by atoms with Gasteiger partial charge in [-0.3, -0.25) is 4.79 Å². The summed E-state index contributed by atoms with van der Waals surface area (Å²) in [6, 6.07) is 13.0. The molecule has 2 saturated heterocycles. The van der Waals surface area contributed by atoms with Crippen LogP contribution in [0, 0.1) is 0 Å². The van der Waals surface area contributed by atoms with E-state index in [1.807, 2.05) is 24.3 Å². The predicted octanol–water partition coefficient (Wildman–Crippen LogP) is 3.73. The van der Waals surface area contributed by atoms with Gasteiger partial charge in [-0.05, 0) is 62.1 Å². The molecule has 2 aromatic rings. The maximum Gasteiger partial charge on any atom is 0.243 e. The molecule has 0 bridgehead atoms. The molecule has 29 heavy (non-hydrogen) atoms. The van der Waals surface area contributed by atoms with Gasteiger partial charge in [0.1, 0.15) is 6.04 Å². The van der Waals surface area contributed by atoms with E-state index in [-0.39, 0.29) is 10.8 Å². The number of carbonyl (C=O) groups excluding carboxylic acids is 1. The van der Waals surface area contributed by atoms with E-state index < -0.39 is 16.1 Å². The lowest BCUT2D eigenvalue weighted by atomic mass is 10.2. The molecule has 6 nitrogen and oxygen atoms in total. The highest BCUT2D eigenvalue weighted by Crippen LogP contribution is 2.31. The van der Waals surface area contributed by atoms with Crippen molar-refractivity contribution in [3.63, 3.8) is 0 Å². The van der Waals surface area contributed by atoms with E-state index in [2.05, 4.69) is 10.2 Å². The first kappa shape index (κ1) is 20.2. The van der Waals surface area contributed by atoms with Gasteiger partial charge in [-0.15, -0.1) is 0 Å². The van der Waals surface area contributed by atoms with Gasteiger partial charge < -0.3 is 10.2 Å². The molecule has 0 aromatic heterocycles. The third kappa shape index (κ3) is 4.13. The summed E-state index contributed by atoms with van der Waals surface area (Å²) in [5.74, 6) is -0.285. The van der Waals surface area contributed by atoms with Crippen LogP contribution >= 0.6 is 11.6 Å².